The standard InChI is InChI=1S/C13H18O6S.Na/c1-13(2,15)12(14)10-4-6-11(7-5-10)18-8-3-9-19-20(16)17;/h4-7,15H,3,8-9H2,1-2H3,(H,16,17);/q;+1/p-1. The Labute approximate surface area is 148 Å². The Hall–Kier alpha value is -0.280. The molecule has 0 aromatic heterocycles. The Morgan fingerprint density at radius 1 is 1.29 bits per heavy atom. The van der Waals surface area contributed by atoms with Crippen molar-refractivity contribution in [2.75, 3.05) is 13.2 Å². The van der Waals surface area contributed by atoms with Crippen LogP contribution in [-0.4, -0.2) is 38.5 Å². The molecule has 0 amide bonds. The van der Waals surface area contributed by atoms with Crippen molar-refractivity contribution in [1.29, 1.82) is 0 Å². The molecule has 1 rings (SSSR count). The van der Waals surface area contributed by atoms with Crippen LogP contribution in [0.3, 0.4) is 0 Å². The number of ketones is 1. The number of ether oxygens (including phenoxy) is 1. The van der Waals surface area contributed by atoms with E-state index in [2.05, 4.69) is 4.18 Å². The minimum Gasteiger partial charge on any atom is -0.750 e. The first kappa shape index (κ1) is 20.7. The van der Waals surface area contributed by atoms with E-state index in [9.17, 15) is 18.7 Å². The molecule has 1 aromatic carbocycles. The molecule has 0 spiro atoms. The molecule has 8 heteroatoms. The molecule has 6 nitrogen and oxygen atoms in total. The number of hydrogen-bond acceptors (Lipinski definition) is 6. The summed E-state index contributed by atoms with van der Waals surface area (Å²) in [4.78, 5) is 11.8. The van der Waals surface area contributed by atoms with Crippen LogP contribution in [0.5, 0.6) is 5.75 Å². The van der Waals surface area contributed by atoms with Gasteiger partial charge in [0.1, 0.15) is 11.4 Å². The van der Waals surface area contributed by atoms with Crippen LogP contribution < -0.4 is 34.3 Å². The molecule has 0 saturated heterocycles. The number of benzene rings is 1. The van der Waals surface area contributed by atoms with E-state index >= 15 is 0 Å². The van der Waals surface area contributed by atoms with Crippen LogP contribution in [0.25, 0.3) is 0 Å². The van der Waals surface area contributed by atoms with E-state index in [4.69, 9.17) is 4.74 Å². The first-order chi connectivity index (χ1) is 9.30. The molecule has 0 heterocycles. The van der Waals surface area contributed by atoms with Crippen molar-refractivity contribution in [3.63, 3.8) is 0 Å². The maximum absolute atomic E-state index is 11.8. The van der Waals surface area contributed by atoms with Crippen molar-refractivity contribution >= 4 is 17.1 Å². The molecule has 1 unspecified atom stereocenters. The van der Waals surface area contributed by atoms with Crippen LogP contribution in [-0.2, 0) is 15.5 Å². The van der Waals surface area contributed by atoms with Crippen LogP contribution in [0.15, 0.2) is 24.3 Å². The molecule has 112 valence electrons. The van der Waals surface area contributed by atoms with E-state index in [1.165, 1.54) is 13.8 Å². The smallest absolute Gasteiger partial charge is 0.750 e. The van der Waals surface area contributed by atoms with Gasteiger partial charge in [0.15, 0.2) is 5.78 Å². The molecule has 0 aliphatic carbocycles. The Kier molecular flexibility index (Phi) is 9.55. The van der Waals surface area contributed by atoms with Gasteiger partial charge in [-0.2, -0.15) is 0 Å². The monoisotopic (exact) mass is 324 g/mol. The van der Waals surface area contributed by atoms with Gasteiger partial charge in [0, 0.05) is 12.0 Å². The number of hydrogen-bond donors (Lipinski definition) is 1. The zero-order chi connectivity index (χ0) is 15.2. The van der Waals surface area contributed by atoms with Crippen molar-refractivity contribution in [2.45, 2.75) is 25.9 Å². The summed E-state index contributed by atoms with van der Waals surface area (Å²) in [6.45, 7) is 3.22. The fourth-order valence-electron chi connectivity index (χ4n) is 1.43. The summed E-state index contributed by atoms with van der Waals surface area (Å²) in [7, 11) is 0. The van der Waals surface area contributed by atoms with Gasteiger partial charge >= 0.3 is 29.6 Å². The van der Waals surface area contributed by atoms with Crippen molar-refractivity contribution in [2.24, 2.45) is 0 Å². The maximum atomic E-state index is 11.8. The van der Waals surface area contributed by atoms with Gasteiger partial charge in [0.05, 0.1) is 24.6 Å². The number of aliphatic hydroxyl groups is 1. The molecule has 1 atom stereocenters. The Bertz CT molecular complexity index is 469. The minimum absolute atomic E-state index is 0. The van der Waals surface area contributed by atoms with E-state index < -0.39 is 17.0 Å². The fraction of sp³-hybridized carbons (Fsp3) is 0.462. The van der Waals surface area contributed by atoms with E-state index in [0.717, 1.165) is 0 Å². The predicted molar refractivity (Wildman–Crippen MR) is 72.1 cm³/mol. The minimum atomic E-state index is -2.50. The summed E-state index contributed by atoms with van der Waals surface area (Å²) in [6.07, 6.45) is 0.429. The number of carbonyl (C=O) groups is 1. The van der Waals surface area contributed by atoms with Crippen molar-refractivity contribution in [1.82, 2.24) is 0 Å². The second kappa shape index (κ2) is 9.68. The molecule has 0 aliphatic rings. The normalized spacial score (nSPS) is 12.4. The van der Waals surface area contributed by atoms with E-state index in [0.29, 0.717) is 24.3 Å². The molecule has 21 heavy (non-hydrogen) atoms. The summed E-state index contributed by atoms with van der Waals surface area (Å²) in [5, 5.41) is 9.61. The summed E-state index contributed by atoms with van der Waals surface area (Å²) < 4.78 is 29.9. The van der Waals surface area contributed by atoms with Crippen LogP contribution in [0.4, 0.5) is 0 Å². The largest absolute Gasteiger partial charge is 1.00 e. The van der Waals surface area contributed by atoms with Crippen LogP contribution >= 0.6 is 0 Å². The van der Waals surface area contributed by atoms with E-state index in [-0.39, 0.29) is 41.9 Å². The average Bonchev–Trinajstić information content (AvgIpc) is 2.37. The van der Waals surface area contributed by atoms with Gasteiger partial charge in [0.25, 0.3) is 0 Å². The van der Waals surface area contributed by atoms with Crippen LogP contribution in [0.1, 0.15) is 30.6 Å². The molecule has 1 aromatic rings. The SMILES string of the molecule is CC(C)(O)C(=O)c1ccc(OCCCOS(=O)[O-])cc1.[Na+]. The summed E-state index contributed by atoms with van der Waals surface area (Å²) in [5.74, 6) is 0.191. The fourth-order valence-corrected chi connectivity index (χ4v) is 1.69. The topological polar surface area (TPSA) is 95.9 Å². The predicted octanol–water partition coefficient (Wildman–Crippen LogP) is -1.78. The van der Waals surface area contributed by atoms with Crippen molar-refractivity contribution in [3.8, 4) is 5.75 Å². The molecule has 0 aliphatic heterocycles. The molecular weight excluding hydrogens is 307 g/mol. The third-order valence-corrected chi connectivity index (χ3v) is 2.77. The van der Waals surface area contributed by atoms with Crippen molar-refractivity contribution < 1.29 is 57.1 Å². The summed E-state index contributed by atoms with van der Waals surface area (Å²) in [5.41, 5.74) is -1.01. The van der Waals surface area contributed by atoms with Gasteiger partial charge in [-0.25, -0.2) is 4.21 Å². The van der Waals surface area contributed by atoms with Crippen LogP contribution in [0, 0.1) is 0 Å². The summed E-state index contributed by atoms with van der Waals surface area (Å²) in [6, 6.07) is 6.37. The number of Topliss-reactive ketones (excluding diaryl/α,β-unsaturated/α-hetero) is 1. The summed E-state index contributed by atoms with van der Waals surface area (Å²) >= 11 is -2.50. The van der Waals surface area contributed by atoms with Gasteiger partial charge in [-0.1, -0.05) is 0 Å². The quantitative estimate of drug-likeness (QED) is 0.263. The van der Waals surface area contributed by atoms with Gasteiger partial charge in [-0.3, -0.25) is 4.79 Å². The van der Waals surface area contributed by atoms with E-state index in [1.807, 2.05) is 0 Å². The first-order valence-corrected chi connectivity index (χ1v) is 7.03. The first-order valence-electron chi connectivity index (χ1n) is 6.03. The van der Waals surface area contributed by atoms with Crippen LogP contribution in [0.2, 0.25) is 0 Å². The van der Waals surface area contributed by atoms with Gasteiger partial charge in [-0.05, 0) is 38.1 Å². The maximum Gasteiger partial charge on any atom is 1.00 e. The Balaban J connectivity index is 0.00000400. The van der Waals surface area contributed by atoms with Crippen molar-refractivity contribution in [3.05, 3.63) is 29.8 Å². The molecule has 0 bridgehead atoms. The van der Waals surface area contributed by atoms with Gasteiger partial charge in [-0.15, -0.1) is 0 Å². The molecule has 0 fully saturated rings. The number of carbonyl (C=O) groups excluding carboxylic acids is 1. The molecule has 0 radical (unpaired) electrons. The zero-order valence-electron chi connectivity index (χ0n) is 12.3. The molecular formula is C13H17NaO6S. The molecule has 1 N–H and O–H groups in total. The Morgan fingerprint density at radius 2 is 1.86 bits per heavy atom. The molecule has 0 saturated carbocycles. The third kappa shape index (κ3) is 8.06. The third-order valence-electron chi connectivity index (χ3n) is 2.41. The average molecular weight is 324 g/mol. The van der Waals surface area contributed by atoms with E-state index in [1.54, 1.807) is 24.3 Å². The van der Waals surface area contributed by atoms with Gasteiger partial charge in [0.2, 0.25) is 0 Å². The van der Waals surface area contributed by atoms with Gasteiger partial charge < -0.3 is 18.6 Å². The second-order valence-electron chi connectivity index (χ2n) is 4.64. The second-order valence-corrected chi connectivity index (χ2v) is 5.28. The Morgan fingerprint density at radius 3 is 2.33 bits per heavy atom. The zero-order valence-corrected chi connectivity index (χ0v) is 15.1. The number of rotatable bonds is 8.